The largest absolute Gasteiger partial charge is 0.252 e. The average Bonchev–Trinajstić information content (AvgIpc) is 3.04. The molecule has 0 unspecified atom stereocenters. The molecule has 0 aliphatic carbocycles. The first kappa shape index (κ1) is 40.9. The zero-order valence-electron chi connectivity index (χ0n) is 29.4. The minimum Gasteiger partial charge on any atom is -0.252 e. The predicted molar refractivity (Wildman–Crippen MR) is 197 cm³/mol. The van der Waals surface area contributed by atoms with Gasteiger partial charge in [0.05, 0.1) is 22.8 Å². The van der Waals surface area contributed by atoms with Crippen LogP contribution in [-0.4, -0.2) is 11.4 Å². The second kappa shape index (κ2) is 28.1. The summed E-state index contributed by atoms with van der Waals surface area (Å²) in [6, 6.07) is 17.7. The Hall–Kier alpha value is -2.17. The SMILES string of the molecule is CCCCC#CCCCc1ccccc1N=C(CCCC)C(CCCC)=Nc1cccc(CCCCCCCCCCC)c1.[Ni]. The Morgan fingerprint density at radius 2 is 1.11 bits per heavy atom. The molecule has 2 rings (SSSR count). The fourth-order valence-corrected chi connectivity index (χ4v) is 5.58. The van der Waals surface area contributed by atoms with Crippen molar-refractivity contribution in [3.8, 4) is 11.8 Å². The van der Waals surface area contributed by atoms with Crippen LogP contribution in [0.15, 0.2) is 58.5 Å². The van der Waals surface area contributed by atoms with E-state index in [-0.39, 0.29) is 16.5 Å². The third-order valence-corrected chi connectivity index (χ3v) is 8.39. The molecule has 0 spiro atoms. The van der Waals surface area contributed by atoms with Gasteiger partial charge < -0.3 is 0 Å². The van der Waals surface area contributed by atoms with Crippen LogP contribution in [0.25, 0.3) is 0 Å². The summed E-state index contributed by atoms with van der Waals surface area (Å²) < 4.78 is 0. The van der Waals surface area contributed by atoms with Gasteiger partial charge in [-0.1, -0.05) is 129 Å². The molecule has 0 radical (unpaired) electrons. The van der Waals surface area contributed by atoms with Crippen molar-refractivity contribution < 1.29 is 16.5 Å². The van der Waals surface area contributed by atoms with Crippen LogP contribution in [0.5, 0.6) is 0 Å². The molecule has 2 aromatic carbocycles. The first-order valence-corrected chi connectivity index (χ1v) is 18.5. The standard InChI is InChI=1S/C42H64N2.Ni/c1-5-9-13-15-17-18-20-21-23-28-37-29-27-32-39(36-37)43-41(33-11-7-3)42(34-12-8-4)44-40-35-26-25-31-38(40)30-24-22-19-16-14-10-6-2;/h25-27,29,31-32,35-36H,5-15,17-18,20-24,28,30,33-34H2,1-4H3;. The van der Waals surface area contributed by atoms with Gasteiger partial charge in [0.15, 0.2) is 0 Å². The van der Waals surface area contributed by atoms with Crippen LogP contribution in [0, 0.1) is 11.8 Å². The molecule has 0 bridgehead atoms. The van der Waals surface area contributed by atoms with E-state index >= 15 is 0 Å². The molecule has 0 amide bonds. The van der Waals surface area contributed by atoms with Gasteiger partial charge in [-0.25, -0.2) is 0 Å². The van der Waals surface area contributed by atoms with Gasteiger partial charge in [-0.05, 0) is 87.1 Å². The topological polar surface area (TPSA) is 24.7 Å². The Morgan fingerprint density at radius 3 is 1.78 bits per heavy atom. The molecule has 0 aliphatic heterocycles. The van der Waals surface area contributed by atoms with Crippen LogP contribution in [0.1, 0.15) is 167 Å². The molecule has 2 nitrogen and oxygen atoms in total. The number of aliphatic imine (C=N–C) groups is 2. The van der Waals surface area contributed by atoms with E-state index in [1.165, 1.54) is 93.2 Å². The van der Waals surface area contributed by atoms with E-state index < -0.39 is 0 Å². The zero-order chi connectivity index (χ0) is 31.5. The summed E-state index contributed by atoms with van der Waals surface area (Å²) in [4.78, 5) is 10.7. The number of aryl methyl sites for hydroxylation is 2. The van der Waals surface area contributed by atoms with Crippen LogP contribution in [0.3, 0.4) is 0 Å². The molecule has 3 heteroatoms. The maximum atomic E-state index is 5.36. The van der Waals surface area contributed by atoms with Crippen LogP contribution in [0.4, 0.5) is 11.4 Å². The maximum absolute atomic E-state index is 5.36. The monoisotopic (exact) mass is 654 g/mol. The molecule has 0 aromatic heterocycles. The maximum Gasteiger partial charge on any atom is 0.0665 e. The van der Waals surface area contributed by atoms with Crippen molar-refractivity contribution in [1.82, 2.24) is 0 Å². The van der Waals surface area contributed by atoms with Crippen molar-refractivity contribution in [1.29, 1.82) is 0 Å². The molecular formula is C42H64N2Ni. The number of benzene rings is 2. The van der Waals surface area contributed by atoms with E-state index in [1.807, 2.05) is 0 Å². The molecule has 252 valence electrons. The summed E-state index contributed by atoms with van der Waals surface area (Å²) in [5.74, 6) is 6.71. The van der Waals surface area contributed by atoms with Gasteiger partial charge in [0.25, 0.3) is 0 Å². The van der Waals surface area contributed by atoms with E-state index in [0.29, 0.717) is 0 Å². The molecule has 45 heavy (non-hydrogen) atoms. The van der Waals surface area contributed by atoms with Crippen molar-refractivity contribution in [3.05, 3.63) is 59.7 Å². The summed E-state index contributed by atoms with van der Waals surface area (Å²) >= 11 is 0. The van der Waals surface area contributed by atoms with E-state index in [9.17, 15) is 0 Å². The number of hydrogen-bond donors (Lipinski definition) is 0. The quantitative estimate of drug-likeness (QED) is 0.0465. The molecule has 0 aliphatic rings. The van der Waals surface area contributed by atoms with Gasteiger partial charge >= 0.3 is 0 Å². The average molecular weight is 656 g/mol. The van der Waals surface area contributed by atoms with Crippen molar-refractivity contribution in [2.45, 2.75) is 169 Å². The summed E-state index contributed by atoms with van der Waals surface area (Å²) in [6.07, 6.45) is 26.6. The summed E-state index contributed by atoms with van der Waals surface area (Å²) in [5, 5.41) is 0. The van der Waals surface area contributed by atoms with Crippen LogP contribution < -0.4 is 0 Å². The molecule has 0 saturated heterocycles. The number of unbranched alkanes of at least 4 members (excludes halogenated alkanes) is 13. The third-order valence-electron chi connectivity index (χ3n) is 8.39. The Kier molecular flexibility index (Phi) is 25.5. The minimum absolute atomic E-state index is 0. The second-order valence-corrected chi connectivity index (χ2v) is 12.5. The molecular weight excluding hydrogens is 591 g/mol. The number of para-hydroxylation sites is 1. The smallest absolute Gasteiger partial charge is 0.0665 e. The van der Waals surface area contributed by atoms with Gasteiger partial charge in [0.2, 0.25) is 0 Å². The normalized spacial score (nSPS) is 11.6. The molecule has 0 heterocycles. The third kappa shape index (κ3) is 19.2. The van der Waals surface area contributed by atoms with E-state index in [0.717, 1.165) is 82.0 Å². The Bertz CT molecular complexity index is 1140. The first-order chi connectivity index (χ1) is 21.7. The van der Waals surface area contributed by atoms with Gasteiger partial charge in [0, 0.05) is 29.3 Å². The second-order valence-electron chi connectivity index (χ2n) is 12.5. The minimum atomic E-state index is 0. The Morgan fingerprint density at radius 1 is 0.533 bits per heavy atom. The number of nitrogens with zero attached hydrogens (tertiary/aromatic N) is 2. The fourth-order valence-electron chi connectivity index (χ4n) is 5.58. The zero-order valence-corrected chi connectivity index (χ0v) is 30.4. The molecule has 0 atom stereocenters. The molecule has 2 aromatic rings. The first-order valence-electron chi connectivity index (χ1n) is 18.5. The summed E-state index contributed by atoms with van der Waals surface area (Å²) in [6.45, 7) is 9.06. The predicted octanol–water partition coefficient (Wildman–Crippen LogP) is 13.5. The molecule has 0 saturated carbocycles. The van der Waals surface area contributed by atoms with Crippen LogP contribution in [-0.2, 0) is 29.3 Å². The number of rotatable bonds is 24. The van der Waals surface area contributed by atoms with Gasteiger partial charge in [0.1, 0.15) is 0 Å². The number of hydrogen-bond acceptors (Lipinski definition) is 2. The van der Waals surface area contributed by atoms with Crippen molar-refractivity contribution in [3.63, 3.8) is 0 Å². The van der Waals surface area contributed by atoms with Crippen LogP contribution >= 0.6 is 0 Å². The van der Waals surface area contributed by atoms with Crippen LogP contribution in [0.2, 0.25) is 0 Å². The molecule has 0 fully saturated rings. The Balaban J connectivity index is 0.0000101. The summed E-state index contributed by atoms with van der Waals surface area (Å²) in [7, 11) is 0. The Labute approximate surface area is 288 Å². The fraction of sp³-hybridized carbons (Fsp3) is 0.619. The molecule has 0 N–H and O–H groups in total. The van der Waals surface area contributed by atoms with Crippen molar-refractivity contribution in [2.24, 2.45) is 9.98 Å². The van der Waals surface area contributed by atoms with E-state index in [2.05, 4.69) is 88.1 Å². The van der Waals surface area contributed by atoms with Gasteiger partial charge in [-0.15, -0.1) is 11.8 Å². The summed E-state index contributed by atoms with van der Waals surface area (Å²) in [5.41, 5.74) is 7.30. The van der Waals surface area contributed by atoms with Gasteiger partial charge in [-0.2, -0.15) is 0 Å². The van der Waals surface area contributed by atoms with Gasteiger partial charge in [-0.3, -0.25) is 9.98 Å². The van der Waals surface area contributed by atoms with Crippen molar-refractivity contribution >= 4 is 22.8 Å². The van der Waals surface area contributed by atoms with E-state index in [4.69, 9.17) is 9.98 Å². The van der Waals surface area contributed by atoms with Crippen molar-refractivity contribution in [2.75, 3.05) is 0 Å². The van der Waals surface area contributed by atoms with E-state index in [1.54, 1.807) is 0 Å².